The van der Waals surface area contributed by atoms with Gasteiger partial charge in [-0.1, -0.05) is 0 Å². The molecule has 1 aliphatic heterocycles. The molecule has 1 saturated heterocycles. The molecule has 3 atom stereocenters. The molecule has 178 valence electrons. The smallest absolute Gasteiger partial charge is 0.419 e. The molecule has 2 heterocycles. The Labute approximate surface area is 195 Å². The summed E-state index contributed by atoms with van der Waals surface area (Å²) in [5, 5.41) is 8.00. The van der Waals surface area contributed by atoms with Gasteiger partial charge in [-0.2, -0.15) is 13.2 Å². The van der Waals surface area contributed by atoms with Gasteiger partial charge >= 0.3 is 6.18 Å². The summed E-state index contributed by atoms with van der Waals surface area (Å²) < 4.78 is 44.3. The van der Waals surface area contributed by atoms with Gasteiger partial charge in [0.25, 0.3) is 0 Å². The Morgan fingerprint density at radius 2 is 1.91 bits per heavy atom. The minimum absolute atomic E-state index is 0.134. The zero-order valence-electron chi connectivity index (χ0n) is 18.6. The van der Waals surface area contributed by atoms with Crippen molar-refractivity contribution in [1.29, 1.82) is 5.41 Å². The molecule has 2 unspecified atom stereocenters. The van der Waals surface area contributed by atoms with Crippen LogP contribution in [-0.4, -0.2) is 63.8 Å². The third-order valence-electron chi connectivity index (χ3n) is 5.26. The number of piperidine rings is 1. The number of halogens is 3. The Hall–Kier alpha value is -1.82. The van der Waals surface area contributed by atoms with Gasteiger partial charge in [0.15, 0.2) is 0 Å². The van der Waals surface area contributed by atoms with Crippen LogP contribution in [0.2, 0.25) is 0 Å². The predicted molar refractivity (Wildman–Crippen MR) is 127 cm³/mol. The highest BCUT2D eigenvalue weighted by molar-refractivity contribution is 8.14. The third kappa shape index (κ3) is 7.36. The van der Waals surface area contributed by atoms with E-state index in [1.165, 1.54) is 29.7 Å². The molecule has 1 fully saturated rings. The van der Waals surface area contributed by atoms with Crippen molar-refractivity contribution in [3.8, 4) is 0 Å². The Bertz CT molecular complexity index is 800. The molecule has 0 saturated carbocycles. The van der Waals surface area contributed by atoms with Gasteiger partial charge in [0.05, 0.1) is 5.56 Å². The lowest BCUT2D eigenvalue weighted by molar-refractivity contribution is -0.138. The summed E-state index contributed by atoms with van der Waals surface area (Å²) >= 11 is 2.79. The molecule has 0 spiro atoms. The van der Waals surface area contributed by atoms with Crippen molar-refractivity contribution in [2.24, 2.45) is 15.9 Å². The van der Waals surface area contributed by atoms with E-state index in [2.05, 4.69) is 26.7 Å². The number of hydrogen-bond donors (Lipinski definition) is 1. The minimum Gasteiger partial charge on any atom is -0.470 e. The first-order valence-electron chi connectivity index (χ1n) is 10.1. The van der Waals surface area contributed by atoms with Gasteiger partial charge in [0.1, 0.15) is 16.3 Å². The summed E-state index contributed by atoms with van der Waals surface area (Å²) in [5.74, 6) is 0.537. The van der Waals surface area contributed by atoms with Crippen LogP contribution in [0.3, 0.4) is 0 Å². The second-order valence-electron chi connectivity index (χ2n) is 7.60. The number of aliphatic imine (C=N–C) groups is 2. The Morgan fingerprint density at radius 1 is 1.31 bits per heavy atom. The Kier molecular flexibility index (Phi) is 9.38. The SMILES string of the molecule is C=NC(C)S/C(=N\C(C)(C=N)SC)O[C@@H](C)C1CCN(c2ncc(C(F)(F)F)cn2)CC1. The van der Waals surface area contributed by atoms with Crippen LogP contribution in [0.5, 0.6) is 0 Å². The topological polar surface area (TPSA) is 86.8 Å². The number of thioether (sulfide) groups is 2. The Morgan fingerprint density at radius 3 is 2.38 bits per heavy atom. The molecule has 0 aliphatic carbocycles. The van der Waals surface area contributed by atoms with Crippen molar-refractivity contribution >= 4 is 47.6 Å². The van der Waals surface area contributed by atoms with E-state index in [1.54, 1.807) is 0 Å². The summed E-state index contributed by atoms with van der Waals surface area (Å²) in [6.07, 6.45) is 1.78. The maximum absolute atomic E-state index is 12.7. The van der Waals surface area contributed by atoms with Gasteiger partial charge in [-0.3, -0.25) is 4.99 Å². The van der Waals surface area contributed by atoms with Crippen molar-refractivity contribution in [2.75, 3.05) is 24.2 Å². The standard InChI is InChI=1S/C20H29F3N6OS2/c1-13(30-18(32-14(2)25-4)28-19(3,12-24)31-5)15-6-8-29(9-7-15)17-26-10-16(11-27-17)20(21,22)23/h10-15,24H,4,6-9H2,1-3,5H3/b24-12?,28-18-/t13-,14?,19?/m0/s1. The number of nitrogens with one attached hydrogen (secondary N) is 1. The highest BCUT2D eigenvalue weighted by Gasteiger charge is 2.32. The molecule has 0 radical (unpaired) electrons. The highest BCUT2D eigenvalue weighted by atomic mass is 32.2. The number of rotatable bonds is 8. The van der Waals surface area contributed by atoms with Crippen LogP contribution in [0.1, 0.15) is 39.2 Å². The van der Waals surface area contributed by atoms with Crippen LogP contribution >= 0.6 is 23.5 Å². The number of ether oxygens (including phenoxy) is 1. The van der Waals surface area contributed by atoms with E-state index >= 15 is 0 Å². The molecule has 32 heavy (non-hydrogen) atoms. The van der Waals surface area contributed by atoms with E-state index in [1.807, 2.05) is 31.9 Å². The average molecular weight is 491 g/mol. The number of alkyl halides is 3. The van der Waals surface area contributed by atoms with E-state index in [-0.39, 0.29) is 17.4 Å². The van der Waals surface area contributed by atoms with Crippen LogP contribution in [0.15, 0.2) is 22.4 Å². The first-order chi connectivity index (χ1) is 15.0. The Balaban J connectivity index is 2.01. The molecule has 0 aromatic carbocycles. The predicted octanol–water partition coefficient (Wildman–Crippen LogP) is 4.98. The fraction of sp³-hybridized carbons (Fsp3) is 0.650. The van der Waals surface area contributed by atoms with Crippen molar-refractivity contribution < 1.29 is 17.9 Å². The van der Waals surface area contributed by atoms with Gasteiger partial charge in [-0.05, 0) is 64.3 Å². The van der Waals surface area contributed by atoms with E-state index in [9.17, 15) is 13.2 Å². The summed E-state index contributed by atoms with van der Waals surface area (Å²) in [5.41, 5.74) is -0.854. The number of anilines is 1. The van der Waals surface area contributed by atoms with Crippen LogP contribution < -0.4 is 4.90 Å². The maximum atomic E-state index is 12.7. The van der Waals surface area contributed by atoms with Crippen LogP contribution in [0, 0.1) is 11.3 Å². The van der Waals surface area contributed by atoms with Crippen LogP contribution in [0.25, 0.3) is 0 Å². The maximum Gasteiger partial charge on any atom is 0.419 e. The van der Waals surface area contributed by atoms with E-state index in [4.69, 9.17) is 10.1 Å². The lowest BCUT2D eigenvalue weighted by Crippen LogP contribution is -2.39. The quantitative estimate of drug-likeness (QED) is 0.408. The average Bonchev–Trinajstić information content (AvgIpc) is 2.78. The van der Waals surface area contributed by atoms with Gasteiger partial charge in [0.2, 0.25) is 11.2 Å². The molecule has 12 heteroatoms. The van der Waals surface area contributed by atoms with Gasteiger partial charge in [0, 0.05) is 31.7 Å². The first-order valence-corrected chi connectivity index (χ1v) is 12.2. The van der Waals surface area contributed by atoms with Crippen molar-refractivity contribution in [2.45, 2.75) is 56.1 Å². The minimum atomic E-state index is -4.45. The molecule has 0 bridgehead atoms. The van der Waals surface area contributed by atoms with Crippen LogP contribution in [-0.2, 0) is 10.9 Å². The molecule has 1 aromatic rings. The largest absolute Gasteiger partial charge is 0.470 e. The monoisotopic (exact) mass is 490 g/mol. The van der Waals surface area contributed by atoms with Crippen molar-refractivity contribution in [1.82, 2.24) is 9.97 Å². The van der Waals surface area contributed by atoms with Crippen LogP contribution in [0.4, 0.5) is 19.1 Å². The lowest BCUT2D eigenvalue weighted by Gasteiger charge is -2.35. The van der Waals surface area contributed by atoms with Crippen molar-refractivity contribution in [3.63, 3.8) is 0 Å². The molecule has 1 N–H and O–H groups in total. The molecule has 1 aliphatic rings. The summed E-state index contributed by atoms with van der Waals surface area (Å²) in [7, 11) is 0. The van der Waals surface area contributed by atoms with Gasteiger partial charge < -0.3 is 15.0 Å². The number of aromatic nitrogens is 2. The van der Waals surface area contributed by atoms with E-state index in [0.717, 1.165) is 25.2 Å². The van der Waals surface area contributed by atoms with E-state index in [0.29, 0.717) is 24.3 Å². The normalized spacial score (nSPS) is 19.7. The second kappa shape index (κ2) is 11.4. The summed E-state index contributed by atoms with van der Waals surface area (Å²) in [6, 6.07) is 0. The molecule has 7 nitrogen and oxygen atoms in total. The highest BCUT2D eigenvalue weighted by Crippen LogP contribution is 2.31. The third-order valence-corrected chi connectivity index (χ3v) is 7.18. The number of nitrogens with zero attached hydrogens (tertiary/aromatic N) is 5. The molecule has 0 amide bonds. The lowest BCUT2D eigenvalue weighted by atomic mass is 9.92. The zero-order chi connectivity index (χ0) is 23.9. The summed E-state index contributed by atoms with van der Waals surface area (Å²) in [4.78, 5) is 17.6. The molecular formula is C20H29F3N6OS2. The molecule has 1 aromatic heterocycles. The zero-order valence-corrected chi connectivity index (χ0v) is 20.2. The second-order valence-corrected chi connectivity index (χ2v) is 10.1. The summed E-state index contributed by atoms with van der Waals surface area (Å²) in [6.45, 7) is 10.5. The first kappa shape index (κ1) is 26.4. The van der Waals surface area contributed by atoms with Crippen molar-refractivity contribution in [3.05, 3.63) is 18.0 Å². The van der Waals surface area contributed by atoms with E-state index < -0.39 is 16.6 Å². The van der Waals surface area contributed by atoms with Gasteiger partial charge in [-0.25, -0.2) is 15.0 Å². The fourth-order valence-electron chi connectivity index (χ4n) is 3.04. The number of hydrogen-bond acceptors (Lipinski definition) is 9. The fourth-order valence-corrected chi connectivity index (χ4v) is 4.20. The molecular weight excluding hydrogens is 461 g/mol. The molecule has 2 rings (SSSR count). The van der Waals surface area contributed by atoms with Gasteiger partial charge in [-0.15, -0.1) is 11.8 Å².